The number of halogens is 1. The van der Waals surface area contributed by atoms with Crippen LogP contribution in [-0.4, -0.2) is 13.5 Å². The van der Waals surface area contributed by atoms with Crippen molar-refractivity contribution in [3.63, 3.8) is 0 Å². The number of hydrogen-bond acceptors (Lipinski definition) is 4. The van der Waals surface area contributed by atoms with E-state index in [1.807, 2.05) is 0 Å². The number of nitrogens with one attached hydrogen (secondary N) is 1. The first kappa shape index (κ1) is 14.5. The molecule has 0 fully saturated rings. The smallest absolute Gasteiger partial charge is 0.242 e. The van der Waals surface area contributed by atoms with E-state index in [-0.39, 0.29) is 17.2 Å². The molecule has 4 nitrogen and oxygen atoms in total. The maximum atomic E-state index is 12.1. The Balaban J connectivity index is 2.16. The minimum Gasteiger partial charge on any atom is -0.508 e. The van der Waals surface area contributed by atoms with E-state index in [0.29, 0.717) is 5.56 Å². The van der Waals surface area contributed by atoms with Gasteiger partial charge in [0.25, 0.3) is 0 Å². The molecule has 1 aromatic carbocycles. The third-order valence-electron chi connectivity index (χ3n) is 2.51. The van der Waals surface area contributed by atoms with Crippen LogP contribution >= 0.6 is 27.3 Å². The fourth-order valence-electron chi connectivity index (χ4n) is 1.62. The SMILES string of the molecule is Cc1sc(Br)cc1S(=O)(=O)NCc1cccc(O)c1. The maximum absolute atomic E-state index is 12.1. The van der Waals surface area contributed by atoms with E-state index in [4.69, 9.17) is 0 Å². The van der Waals surface area contributed by atoms with Crippen molar-refractivity contribution < 1.29 is 13.5 Å². The van der Waals surface area contributed by atoms with E-state index in [1.165, 1.54) is 23.5 Å². The van der Waals surface area contributed by atoms with Crippen LogP contribution in [0.25, 0.3) is 0 Å². The molecule has 2 N–H and O–H groups in total. The average Bonchev–Trinajstić information content (AvgIpc) is 2.67. The van der Waals surface area contributed by atoms with E-state index >= 15 is 0 Å². The van der Waals surface area contributed by atoms with Gasteiger partial charge in [0.1, 0.15) is 5.75 Å². The lowest BCUT2D eigenvalue weighted by atomic mass is 10.2. The maximum Gasteiger partial charge on any atom is 0.242 e. The van der Waals surface area contributed by atoms with Gasteiger partial charge in [-0.25, -0.2) is 13.1 Å². The number of thiophene rings is 1. The molecule has 0 unspecified atom stereocenters. The second-order valence-corrected chi connectivity index (χ2v) is 8.34. The van der Waals surface area contributed by atoms with Crippen LogP contribution in [0.15, 0.2) is 39.0 Å². The summed E-state index contributed by atoms with van der Waals surface area (Å²) in [7, 11) is -3.53. The van der Waals surface area contributed by atoms with Crippen LogP contribution in [0.2, 0.25) is 0 Å². The number of benzene rings is 1. The molecule has 0 atom stereocenters. The molecular weight excluding hydrogens is 350 g/mol. The first-order valence-corrected chi connectivity index (χ1v) is 8.51. The van der Waals surface area contributed by atoms with Gasteiger partial charge in [0.15, 0.2) is 0 Å². The molecular formula is C12H12BrNO3S2. The standard InChI is InChI=1S/C12H12BrNO3S2/c1-8-11(6-12(13)18-8)19(16,17)14-7-9-3-2-4-10(15)5-9/h2-6,14-15H,7H2,1H3. The first-order chi connectivity index (χ1) is 8.88. The van der Waals surface area contributed by atoms with Crippen LogP contribution in [0.1, 0.15) is 10.4 Å². The van der Waals surface area contributed by atoms with Crippen molar-refractivity contribution in [2.75, 3.05) is 0 Å². The van der Waals surface area contributed by atoms with Crippen LogP contribution in [0.4, 0.5) is 0 Å². The fraction of sp³-hybridized carbons (Fsp3) is 0.167. The Morgan fingerprint density at radius 2 is 2.11 bits per heavy atom. The quantitative estimate of drug-likeness (QED) is 0.879. The van der Waals surface area contributed by atoms with Gasteiger partial charge in [0, 0.05) is 11.4 Å². The van der Waals surface area contributed by atoms with Crippen molar-refractivity contribution in [3.05, 3.63) is 44.6 Å². The van der Waals surface area contributed by atoms with Crippen molar-refractivity contribution in [2.45, 2.75) is 18.4 Å². The van der Waals surface area contributed by atoms with Crippen LogP contribution in [0.5, 0.6) is 5.75 Å². The molecule has 7 heteroatoms. The highest BCUT2D eigenvalue weighted by Gasteiger charge is 2.19. The van der Waals surface area contributed by atoms with Crippen molar-refractivity contribution in [1.82, 2.24) is 4.72 Å². The van der Waals surface area contributed by atoms with Gasteiger partial charge in [-0.05, 0) is 46.6 Å². The van der Waals surface area contributed by atoms with Gasteiger partial charge in [-0.3, -0.25) is 0 Å². The van der Waals surface area contributed by atoms with Gasteiger partial charge in [0.2, 0.25) is 10.0 Å². The number of rotatable bonds is 4. The highest BCUT2D eigenvalue weighted by molar-refractivity contribution is 9.11. The van der Waals surface area contributed by atoms with E-state index in [1.54, 1.807) is 25.1 Å². The van der Waals surface area contributed by atoms with Crippen molar-refractivity contribution in [3.8, 4) is 5.75 Å². The molecule has 102 valence electrons. The van der Waals surface area contributed by atoms with E-state index in [0.717, 1.165) is 8.66 Å². The largest absolute Gasteiger partial charge is 0.508 e. The van der Waals surface area contributed by atoms with Gasteiger partial charge in [-0.1, -0.05) is 12.1 Å². The van der Waals surface area contributed by atoms with Gasteiger partial charge in [0.05, 0.1) is 8.68 Å². The molecule has 19 heavy (non-hydrogen) atoms. The molecule has 0 amide bonds. The first-order valence-electron chi connectivity index (χ1n) is 5.42. The van der Waals surface area contributed by atoms with Crippen LogP contribution < -0.4 is 4.72 Å². The molecule has 0 aliphatic rings. The van der Waals surface area contributed by atoms with Gasteiger partial charge >= 0.3 is 0 Å². The van der Waals surface area contributed by atoms with Crippen LogP contribution in [0, 0.1) is 6.92 Å². The van der Waals surface area contributed by atoms with Crippen molar-refractivity contribution in [2.24, 2.45) is 0 Å². The number of phenolic OH excluding ortho intramolecular Hbond substituents is 1. The summed E-state index contributed by atoms with van der Waals surface area (Å²) in [5, 5.41) is 9.33. The lowest BCUT2D eigenvalue weighted by Gasteiger charge is -2.06. The Bertz CT molecular complexity index is 695. The van der Waals surface area contributed by atoms with Crippen LogP contribution in [-0.2, 0) is 16.6 Å². The summed E-state index contributed by atoms with van der Waals surface area (Å²) in [5.41, 5.74) is 0.704. The molecule has 2 rings (SSSR count). The summed E-state index contributed by atoms with van der Waals surface area (Å²) >= 11 is 4.65. The molecule has 0 bridgehead atoms. The Hall–Kier alpha value is -0.890. The van der Waals surface area contributed by atoms with Crippen LogP contribution in [0.3, 0.4) is 0 Å². The monoisotopic (exact) mass is 361 g/mol. The van der Waals surface area contributed by atoms with Crippen molar-refractivity contribution >= 4 is 37.3 Å². The molecule has 0 saturated carbocycles. The second kappa shape index (κ2) is 5.62. The zero-order valence-corrected chi connectivity index (χ0v) is 13.3. The van der Waals surface area contributed by atoms with Crippen molar-refractivity contribution in [1.29, 1.82) is 0 Å². The fourth-order valence-corrected chi connectivity index (χ4v) is 5.05. The summed E-state index contributed by atoms with van der Waals surface area (Å²) in [4.78, 5) is 1.01. The third-order valence-corrected chi connectivity index (χ3v) is 5.72. The minimum atomic E-state index is -3.53. The molecule has 1 heterocycles. The average molecular weight is 362 g/mol. The highest BCUT2D eigenvalue weighted by Crippen LogP contribution is 2.29. The molecule has 0 radical (unpaired) electrons. The molecule has 1 aromatic heterocycles. The van der Waals surface area contributed by atoms with E-state index in [9.17, 15) is 13.5 Å². The Labute approximate surface area is 124 Å². The predicted molar refractivity (Wildman–Crippen MR) is 78.9 cm³/mol. The zero-order chi connectivity index (χ0) is 14.0. The summed E-state index contributed by atoms with van der Waals surface area (Å²) in [5.74, 6) is 0.117. The molecule has 0 saturated heterocycles. The topological polar surface area (TPSA) is 66.4 Å². The van der Waals surface area contributed by atoms with E-state index in [2.05, 4.69) is 20.7 Å². The number of aromatic hydroxyl groups is 1. The number of hydrogen-bond donors (Lipinski definition) is 2. The Morgan fingerprint density at radius 3 is 2.68 bits per heavy atom. The zero-order valence-electron chi connectivity index (χ0n) is 10.1. The van der Waals surface area contributed by atoms with Gasteiger partial charge in [-0.15, -0.1) is 11.3 Å². The van der Waals surface area contributed by atoms with Gasteiger partial charge in [-0.2, -0.15) is 0 Å². The molecule has 0 aliphatic carbocycles. The molecule has 0 spiro atoms. The Morgan fingerprint density at radius 1 is 1.37 bits per heavy atom. The summed E-state index contributed by atoms with van der Waals surface area (Å²) in [6, 6.07) is 8.08. The normalized spacial score (nSPS) is 11.7. The third kappa shape index (κ3) is 3.56. The lowest BCUT2D eigenvalue weighted by molar-refractivity contribution is 0.474. The number of aryl methyl sites for hydroxylation is 1. The molecule has 0 aliphatic heterocycles. The Kier molecular flexibility index (Phi) is 4.29. The molecule has 2 aromatic rings. The summed E-state index contributed by atoms with van der Waals surface area (Å²) in [6.45, 7) is 1.90. The second-order valence-electron chi connectivity index (χ2n) is 3.97. The van der Waals surface area contributed by atoms with E-state index < -0.39 is 10.0 Å². The summed E-state index contributed by atoms with van der Waals surface area (Å²) in [6.07, 6.45) is 0. The summed E-state index contributed by atoms with van der Waals surface area (Å²) < 4.78 is 27.6. The predicted octanol–water partition coefficient (Wildman–Crippen LogP) is 3.00. The highest BCUT2D eigenvalue weighted by atomic mass is 79.9. The minimum absolute atomic E-state index is 0.117. The number of sulfonamides is 1. The number of phenols is 1. The lowest BCUT2D eigenvalue weighted by Crippen LogP contribution is -2.23. The van der Waals surface area contributed by atoms with Gasteiger partial charge < -0.3 is 5.11 Å².